The van der Waals surface area contributed by atoms with Crippen molar-refractivity contribution in [1.29, 1.82) is 0 Å². The van der Waals surface area contributed by atoms with Gasteiger partial charge in [-0.15, -0.1) is 0 Å². The molecule has 3 atom stereocenters. The van der Waals surface area contributed by atoms with Gasteiger partial charge >= 0.3 is 18.0 Å². The summed E-state index contributed by atoms with van der Waals surface area (Å²) in [5.41, 5.74) is -0.661. The minimum Gasteiger partial charge on any atom is -0.469 e. The van der Waals surface area contributed by atoms with Gasteiger partial charge in [0.2, 0.25) is 0 Å². The molecule has 7 heteroatoms. The highest BCUT2D eigenvalue weighted by Gasteiger charge is 2.51. The van der Waals surface area contributed by atoms with E-state index < -0.39 is 41.2 Å². The lowest BCUT2D eigenvalue weighted by molar-refractivity contribution is -0.162. The van der Waals surface area contributed by atoms with Crippen molar-refractivity contribution in [1.82, 2.24) is 4.90 Å². The van der Waals surface area contributed by atoms with E-state index in [0.717, 1.165) is 5.57 Å². The Hall–Kier alpha value is -2.05. The van der Waals surface area contributed by atoms with E-state index in [1.165, 1.54) is 12.0 Å². The van der Waals surface area contributed by atoms with Gasteiger partial charge in [-0.3, -0.25) is 9.69 Å². The normalized spacial score (nSPS) is 23.0. The zero-order chi connectivity index (χ0) is 21.2. The lowest BCUT2D eigenvalue weighted by Crippen LogP contribution is -2.48. The topological polar surface area (TPSA) is 82.1 Å². The number of methoxy groups -OCH3 is 1. The Labute approximate surface area is 162 Å². The second kappa shape index (κ2) is 8.31. The number of hydrogen-bond donors (Lipinski definition) is 0. The summed E-state index contributed by atoms with van der Waals surface area (Å²) in [5.74, 6) is -1.75. The molecule has 154 valence electrons. The number of carbonyl (C=O) groups excluding carboxylic acids is 3. The van der Waals surface area contributed by atoms with Crippen LogP contribution >= 0.6 is 0 Å². The van der Waals surface area contributed by atoms with E-state index in [4.69, 9.17) is 14.2 Å². The fourth-order valence-corrected chi connectivity index (χ4v) is 3.14. The third-order valence-electron chi connectivity index (χ3n) is 4.19. The van der Waals surface area contributed by atoms with Crippen LogP contribution in [0.4, 0.5) is 4.79 Å². The van der Waals surface area contributed by atoms with Crippen LogP contribution in [0.3, 0.4) is 0 Å². The van der Waals surface area contributed by atoms with Gasteiger partial charge in [0.15, 0.2) is 0 Å². The molecule has 1 amide bonds. The zero-order valence-electron chi connectivity index (χ0n) is 17.8. The first-order valence-electron chi connectivity index (χ1n) is 9.11. The molecule has 0 aromatic rings. The number of likely N-dealkylation sites (tertiary alicyclic amines) is 1. The highest BCUT2D eigenvalue weighted by Crippen LogP contribution is 2.38. The minimum absolute atomic E-state index is 0.0166. The van der Waals surface area contributed by atoms with Crippen molar-refractivity contribution in [2.75, 3.05) is 13.7 Å². The quantitative estimate of drug-likeness (QED) is 0.421. The second-order valence-corrected chi connectivity index (χ2v) is 9.01. The minimum atomic E-state index is -0.945. The van der Waals surface area contributed by atoms with Crippen molar-refractivity contribution in [3.8, 4) is 0 Å². The number of carbonyl (C=O) groups is 3. The van der Waals surface area contributed by atoms with Crippen LogP contribution in [0.2, 0.25) is 0 Å². The maximum Gasteiger partial charge on any atom is 0.411 e. The molecule has 0 bridgehead atoms. The lowest BCUT2D eigenvalue weighted by atomic mass is 9.83. The van der Waals surface area contributed by atoms with Crippen molar-refractivity contribution in [2.45, 2.75) is 72.1 Å². The molecule has 7 nitrogen and oxygen atoms in total. The smallest absolute Gasteiger partial charge is 0.411 e. The number of amides is 1. The molecule has 0 aromatic carbocycles. The molecule has 0 unspecified atom stereocenters. The standard InChI is InChI=1S/C20H33NO6/c1-12(2)14-11-21(18(24)27-20(6,7)8)16(13(14)10-15(22)25-9)17(23)26-19(3,4)5/h13-14,16H,1,10-11H2,2-9H3/t13-,14+,16-/m0/s1. The van der Waals surface area contributed by atoms with E-state index in [0.29, 0.717) is 0 Å². The number of hydrogen-bond acceptors (Lipinski definition) is 6. The molecule has 0 aromatic heterocycles. The predicted molar refractivity (Wildman–Crippen MR) is 101 cm³/mol. The Morgan fingerprint density at radius 1 is 1.04 bits per heavy atom. The molecular formula is C20H33NO6. The fourth-order valence-electron chi connectivity index (χ4n) is 3.14. The molecular weight excluding hydrogens is 350 g/mol. The van der Waals surface area contributed by atoms with Gasteiger partial charge in [0.1, 0.15) is 17.2 Å². The summed E-state index contributed by atoms with van der Waals surface area (Å²) in [5, 5.41) is 0. The molecule has 0 spiro atoms. The Morgan fingerprint density at radius 2 is 1.56 bits per heavy atom. The van der Waals surface area contributed by atoms with Gasteiger partial charge in [-0.1, -0.05) is 12.2 Å². The van der Waals surface area contributed by atoms with E-state index in [-0.39, 0.29) is 18.9 Å². The molecule has 0 radical (unpaired) electrons. The van der Waals surface area contributed by atoms with Gasteiger partial charge < -0.3 is 14.2 Å². The first-order valence-corrected chi connectivity index (χ1v) is 9.11. The predicted octanol–water partition coefficient (Wildman–Crippen LogP) is 3.32. The first kappa shape index (κ1) is 23.0. The Morgan fingerprint density at radius 3 is 1.96 bits per heavy atom. The van der Waals surface area contributed by atoms with Crippen LogP contribution in [0.25, 0.3) is 0 Å². The zero-order valence-corrected chi connectivity index (χ0v) is 17.8. The second-order valence-electron chi connectivity index (χ2n) is 9.01. The van der Waals surface area contributed by atoms with Crippen LogP contribution in [-0.4, -0.2) is 53.8 Å². The van der Waals surface area contributed by atoms with Crippen molar-refractivity contribution in [3.05, 3.63) is 12.2 Å². The number of esters is 2. The molecule has 1 rings (SSSR count). The van der Waals surface area contributed by atoms with E-state index in [9.17, 15) is 14.4 Å². The summed E-state index contributed by atoms with van der Waals surface area (Å²) in [6, 6.07) is -0.945. The maximum atomic E-state index is 12.9. The summed E-state index contributed by atoms with van der Waals surface area (Å²) < 4.78 is 15.8. The molecule has 1 fully saturated rings. The van der Waals surface area contributed by atoms with Crippen LogP contribution in [0.1, 0.15) is 54.9 Å². The number of nitrogens with zero attached hydrogens (tertiary/aromatic N) is 1. The van der Waals surface area contributed by atoms with Gasteiger partial charge in [-0.2, -0.15) is 0 Å². The third kappa shape index (κ3) is 6.56. The summed E-state index contributed by atoms with van der Waals surface area (Å²) in [4.78, 5) is 39.0. The fraction of sp³-hybridized carbons (Fsp3) is 0.750. The molecule has 1 aliphatic rings. The average Bonchev–Trinajstić information content (AvgIpc) is 2.83. The molecule has 0 aliphatic carbocycles. The van der Waals surface area contributed by atoms with Crippen LogP contribution < -0.4 is 0 Å². The third-order valence-corrected chi connectivity index (χ3v) is 4.19. The lowest BCUT2D eigenvalue weighted by Gasteiger charge is -2.31. The van der Waals surface area contributed by atoms with Gasteiger partial charge in [-0.05, 0) is 48.5 Å². The van der Waals surface area contributed by atoms with Crippen LogP contribution in [0.5, 0.6) is 0 Å². The van der Waals surface area contributed by atoms with Crippen molar-refractivity contribution >= 4 is 18.0 Å². The largest absolute Gasteiger partial charge is 0.469 e. The summed E-state index contributed by atoms with van der Waals surface area (Å²) in [7, 11) is 1.29. The van der Waals surface area contributed by atoms with Crippen LogP contribution in [0, 0.1) is 11.8 Å². The van der Waals surface area contributed by atoms with E-state index >= 15 is 0 Å². The molecule has 0 saturated carbocycles. The molecule has 1 saturated heterocycles. The molecule has 1 aliphatic heterocycles. The van der Waals surface area contributed by atoms with E-state index in [1.54, 1.807) is 41.5 Å². The maximum absolute atomic E-state index is 12.9. The summed E-state index contributed by atoms with van der Waals surface area (Å²) in [6.07, 6.45) is -0.631. The van der Waals surface area contributed by atoms with Gasteiger partial charge in [0.25, 0.3) is 0 Å². The van der Waals surface area contributed by atoms with Crippen molar-refractivity contribution in [2.24, 2.45) is 11.8 Å². The van der Waals surface area contributed by atoms with Gasteiger partial charge in [0, 0.05) is 18.4 Å². The van der Waals surface area contributed by atoms with Gasteiger partial charge in [0.05, 0.1) is 13.5 Å². The molecule has 27 heavy (non-hydrogen) atoms. The Bertz CT molecular complexity index is 599. The summed E-state index contributed by atoms with van der Waals surface area (Å²) >= 11 is 0. The van der Waals surface area contributed by atoms with Crippen LogP contribution in [-0.2, 0) is 23.8 Å². The van der Waals surface area contributed by atoms with E-state index in [2.05, 4.69) is 6.58 Å². The van der Waals surface area contributed by atoms with Crippen LogP contribution in [0.15, 0.2) is 12.2 Å². The first-order chi connectivity index (χ1) is 12.2. The average molecular weight is 383 g/mol. The highest BCUT2D eigenvalue weighted by molar-refractivity contribution is 5.84. The Balaban J connectivity index is 3.29. The van der Waals surface area contributed by atoms with Crippen molar-refractivity contribution < 1.29 is 28.6 Å². The Kier molecular flexibility index (Phi) is 7.08. The van der Waals surface area contributed by atoms with Gasteiger partial charge in [-0.25, -0.2) is 9.59 Å². The van der Waals surface area contributed by atoms with E-state index in [1.807, 2.05) is 6.92 Å². The highest BCUT2D eigenvalue weighted by atomic mass is 16.6. The monoisotopic (exact) mass is 383 g/mol. The number of rotatable bonds is 4. The molecule has 0 N–H and O–H groups in total. The number of ether oxygens (including phenoxy) is 3. The SMILES string of the molecule is C=C(C)[C@H]1CN(C(=O)OC(C)(C)C)[C@H](C(=O)OC(C)(C)C)[C@H]1CC(=O)OC. The van der Waals surface area contributed by atoms with Crippen molar-refractivity contribution in [3.63, 3.8) is 0 Å². The summed E-state index contributed by atoms with van der Waals surface area (Å²) in [6.45, 7) is 16.6. The molecule has 1 heterocycles.